The molecule has 0 aromatic heterocycles. The van der Waals surface area contributed by atoms with Gasteiger partial charge in [-0.05, 0) is 41.5 Å². The minimum atomic E-state index is -0.828. The summed E-state index contributed by atoms with van der Waals surface area (Å²) in [5.74, 6) is 0.433. The van der Waals surface area contributed by atoms with Crippen LogP contribution < -0.4 is 0 Å². The second kappa shape index (κ2) is 3.69. The highest BCUT2D eigenvalue weighted by Crippen LogP contribution is 2.39. The maximum absolute atomic E-state index is 10.8. The van der Waals surface area contributed by atoms with Gasteiger partial charge in [-0.25, -0.2) is 4.79 Å². The lowest BCUT2D eigenvalue weighted by Crippen LogP contribution is -2.01. The molecule has 2 rings (SSSR count). The molecule has 0 bridgehead atoms. The predicted molar refractivity (Wildman–Crippen MR) is 59.3 cm³/mol. The molecule has 0 heterocycles. The molecule has 1 N–H and O–H groups in total. The Balaban J connectivity index is 2.38. The third kappa shape index (κ3) is 1.65. The fourth-order valence-corrected chi connectivity index (χ4v) is 2.57. The molecule has 1 aromatic rings. The van der Waals surface area contributed by atoms with Gasteiger partial charge in [-0.2, -0.15) is 0 Å². The average molecular weight is 204 g/mol. The lowest BCUT2D eigenvalue weighted by molar-refractivity contribution is 0.0697. The minimum Gasteiger partial charge on any atom is -0.478 e. The SMILES string of the molecule is CC[C@H]1Cc2cc(C(=O)O)ccc2[C@H]1C. The van der Waals surface area contributed by atoms with E-state index in [1.54, 1.807) is 6.07 Å². The topological polar surface area (TPSA) is 37.3 Å². The van der Waals surface area contributed by atoms with Crippen molar-refractivity contribution in [1.82, 2.24) is 0 Å². The molecule has 15 heavy (non-hydrogen) atoms. The van der Waals surface area contributed by atoms with Crippen molar-refractivity contribution < 1.29 is 9.90 Å². The number of fused-ring (bicyclic) bond motifs is 1. The van der Waals surface area contributed by atoms with Crippen LogP contribution in [0.3, 0.4) is 0 Å². The van der Waals surface area contributed by atoms with Gasteiger partial charge in [-0.15, -0.1) is 0 Å². The maximum Gasteiger partial charge on any atom is 0.335 e. The van der Waals surface area contributed by atoms with Crippen molar-refractivity contribution in [3.05, 3.63) is 34.9 Å². The molecule has 1 aromatic carbocycles. The van der Waals surface area contributed by atoms with E-state index in [2.05, 4.69) is 13.8 Å². The molecule has 0 amide bonds. The molecule has 2 heteroatoms. The first kappa shape index (κ1) is 10.2. The fourth-order valence-electron chi connectivity index (χ4n) is 2.57. The van der Waals surface area contributed by atoms with E-state index < -0.39 is 5.97 Å². The number of carbonyl (C=O) groups is 1. The zero-order valence-electron chi connectivity index (χ0n) is 9.16. The van der Waals surface area contributed by atoms with Crippen LogP contribution >= 0.6 is 0 Å². The molecular weight excluding hydrogens is 188 g/mol. The van der Waals surface area contributed by atoms with Gasteiger partial charge in [-0.3, -0.25) is 0 Å². The Bertz CT molecular complexity index is 396. The molecule has 80 valence electrons. The van der Waals surface area contributed by atoms with Crippen LogP contribution in [0.15, 0.2) is 18.2 Å². The first-order valence-electron chi connectivity index (χ1n) is 5.49. The molecule has 0 fully saturated rings. The quantitative estimate of drug-likeness (QED) is 0.803. The summed E-state index contributed by atoms with van der Waals surface area (Å²) in [6.45, 7) is 4.44. The molecule has 1 aliphatic rings. The summed E-state index contributed by atoms with van der Waals surface area (Å²) in [6, 6.07) is 5.54. The first-order chi connectivity index (χ1) is 7.13. The number of hydrogen-bond donors (Lipinski definition) is 1. The number of hydrogen-bond acceptors (Lipinski definition) is 1. The van der Waals surface area contributed by atoms with Gasteiger partial charge in [0.05, 0.1) is 5.56 Å². The largest absolute Gasteiger partial charge is 0.478 e. The molecule has 0 saturated heterocycles. The van der Waals surface area contributed by atoms with Crippen LogP contribution in [0.4, 0.5) is 0 Å². The van der Waals surface area contributed by atoms with Gasteiger partial charge < -0.3 is 5.11 Å². The molecular formula is C13H16O2. The number of aromatic carboxylic acids is 1. The van der Waals surface area contributed by atoms with E-state index >= 15 is 0 Å². The average Bonchev–Trinajstić information content (AvgIpc) is 2.55. The van der Waals surface area contributed by atoms with Crippen molar-refractivity contribution in [3.8, 4) is 0 Å². The Hall–Kier alpha value is -1.31. The van der Waals surface area contributed by atoms with E-state index in [1.165, 1.54) is 11.1 Å². The predicted octanol–water partition coefficient (Wildman–Crippen LogP) is 3.07. The van der Waals surface area contributed by atoms with E-state index in [-0.39, 0.29) is 0 Å². The molecule has 0 spiro atoms. The van der Waals surface area contributed by atoms with Crippen LogP contribution in [0.5, 0.6) is 0 Å². The summed E-state index contributed by atoms with van der Waals surface area (Å²) >= 11 is 0. The fraction of sp³-hybridized carbons (Fsp3) is 0.462. The molecule has 1 aliphatic carbocycles. The third-order valence-electron chi connectivity index (χ3n) is 3.59. The van der Waals surface area contributed by atoms with Crippen molar-refractivity contribution >= 4 is 5.97 Å². The summed E-state index contributed by atoms with van der Waals surface area (Å²) < 4.78 is 0. The standard InChI is InChI=1S/C13H16O2/c1-3-9-6-11-7-10(13(14)15)4-5-12(11)8(9)2/h4-5,7-9H,3,6H2,1-2H3,(H,14,15)/t8-,9-/m0/s1. The highest BCUT2D eigenvalue weighted by molar-refractivity contribution is 5.88. The third-order valence-corrected chi connectivity index (χ3v) is 3.59. The van der Waals surface area contributed by atoms with Crippen LogP contribution in [0, 0.1) is 5.92 Å². The Kier molecular flexibility index (Phi) is 2.51. The van der Waals surface area contributed by atoms with Crippen molar-refractivity contribution in [3.63, 3.8) is 0 Å². The molecule has 0 unspecified atom stereocenters. The van der Waals surface area contributed by atoms with Gasteiger partial charge >= 0.3 is 5.97 Å². The van der Waals surface area contributed by atoms with E-state index in [9.17, 15) is 4.79 Å². The number of carboxylic acid groups (broad SMARTS) is 1. The van der Waals surface area contributed by atoms with E-state index in [0.717, 1.165) is 12.8 Å². The lowest BCUT2D eigenvalue weighted by Gasteiger charge is -2.12. The van der Waals surface area contributed by atoms with Crippen LogP contribution in [-0.4, -0.2) is 11.1 Å². The summed E-state index contributed by atoms with van der Waals surface area (Å²) in [5.41, 5.74) is 2.99. The minimum absolute atomic E-state index is 0.415. The Morgan fingerprint density at radius 2 is 2.27 bits per heavy atom. The van der Waals surface area contributed by atoms with Crippen molar-refractivity contribution in [2.24, 2.45) is 5.92 Å². The van der Waals surface area contributed by atoms with E-state index in [4.69, 9.17) is 5.11 Å². The zero-order valence-corrected chi connectivity index (χ0v) is 9.16. The second-order valence-corrected chi connectivity index (χ2v) is 4.38. The van der Waals surface area contributed by atoms with Crippen LogP contribution in [0.25, 0.3) is 0 Å². The van der Waals surface area contributed by atoms with Crippen molar-refractivity contribution in [2.75, 3.05) is 0 Å². The number of rotatable bonds is 2. The monoisotopic (exact) mass is 204 g/mol. The van der Waals surface area contributed by atoms with Crippen LogP contribution in [0.2, 0.25) is 0 Å². The first-order valence-corrected chi connectivity index (χ1v) is 5.49. The summed E-state index contributed by atoms with van der Waals surface area (Å²) in [6.07, 6.45) is 2.20. The van der Waals surface area contributed by atoms with E-state index in [0.29, 0.717) is 17.4 Å². The van der Waals surface area contributed by atoms with Crippen molar-refractivity contribution in [1.29, 1.82) is 0 Å². The van der Waals surface area contributed by atoms with Crippen LogP contribution in [0.1, 0.15) is 47.7 Å². The Morgan fingerprint density at radius 3 is 2.87 bits per heavy atom. The molecule has 2 nitrogen and oxygen atoms in total. The van der Waals surface area contributed by atoms with Gasteiger partial charge in [0.25, 0.3) is 0 Å². The highest BCUT2D eigenvalue weighted by Gasteiger charge is 2.28. The lowest BCUT2D eigenvalue weighted by atomic mass is 9.92. The number of benzene rings is 1. The molecule has 0 saturated carbocycles. The van der Waals surface area contributed by atoms with Gasteiger partial charge in [0.2, 0.25) is 0 Å². The summed E-state index contributed by atoms with van der Waals surface area (Å²) in [4.78, 5) is 10.8. The van der Waals surface area contributed by atoms with Gasteiger partial charge in [0.15, 0.2) is 0 Å². The molecule has 2 atom stereocenters. The highest BCUT2D eigenvalue weighted by atomic mass is 16.4. The van der Waals surface area contributed by atoms with Gasteiger partial charge in [0.1, 0.15) is 0 Å². The summed E-state index contributed by atoms with van der Waals surface area (Å²) in [5, 5.41) is 8.91. The van der Waals surface area contributed by atoms with Gasteiger partial charge in [-0.1, -0.05) is 26.3 Å². The van der Waals surface area contributed by atoms with Crippen LogP contribution in [-0.2, 0) is 6.42 Å². The maximum atomic E-state index is 10.8. The Labute approximate surface area is 89.9 Å². The van der Waals surface area contributed by atoms with Crippen molar-refractivity contribution in [2.45, 2.75) is 32.6 Å². The normalized spacial score (nSPS) is 23.9. The second-order valence-electron chi connectivity index (χ2n) is 4.38. The Morgan fingerprint density at radius 1 is 1.53 bits per heavy atom. The van der Waals surface area contributed by atoms with E-state index in [1.807, 2.05) is 12.1 Å². The molecule has 0 aliphatic heterocycles. The number of carboxylic acids is 1. The van der Waals surface area contributed by atoms with Gasteiger partial charge in [0, 0.05) is 0 Å². The summed E-state index contributed by atoms with van der Waals surface area (Å²) in [7, 11) is 0. The zero-order chi connectivity index (χ0) is 11.0. The smallest absolute Gasteiger partial charge is 0.335 e. The molecule has 0 radical (unpaired) electrons.